The smallest absolute Gasteiger partial charge is 0.295 e. The minimum absolute atomic E-state index is 0.0307. The van der Waals surface area contributed by atoms with E-state index in [1.807, 2.05) is 0 Å². The van der Waals surface area contributed by atoms with Crippen LogP contribution in [-0.2, 0) is 14.3 Å². The van der Waals surface area contributed by atoms with Gasteiger partial charge in [-0.1, -0.05) is 36.4 Å². The number of methoxy groups -OCH3 is 2. The Morgan fingerprint density at radius 1 is 1.11 bits per heavy atom. The minimum Gasteiger partial charge on any atom is -0.507 e. The second-order valence-electron chi connectivity index (χ2n) is 6.28. The number of hydrogen-bond donors (Lipinski definition) is 2. The van der Waals surface area contributed by atoms with Crippen molar-refractivity contribution in [3.63, 3.8) is 0 Å². The van der Waals surface area contributed by atoms with Gasteiger partial charge in [-0.3, -0.25) is 9.59 Å². The van der Waals surface area contributed by atoms with Crippen LogP contribution in [0.4, 0.5) is 0 Å². The van der Waals surface area contributed by atoms with E-state index < -0.39 is 17.7 Å². The number of carbonyl (C=O) groups excluding carboxylic acids is 2. The third-order valence-electron chi connectivity index (χ3n) is 4.64. The molecule has 2 N–H and O–H groups in total. The number of Topliss-reactive ketones (excluding diaryl/α,β-unsaturated/α-hetero) is 1. The maximum absolute atomic E-state index is 12.7. The maximum atomic E-state index is 12.7. The topological polar surface area (TPSA) is 96.3 Å². The van der Waals surface area contributed by atoms with Crippen molar-refractivity contribution in [3.05, 3.63) is 65.2 Å². The highest BCUT2D eigenvalue weighted by Gasteiger charge is 2.46. The van der Waals surface area contributed by atoms with Crippen LogP contribution in [0.5, 0.6) is 11.5 Å². The van der Waals surface area contributed by atoms with Gasteiger partial charge >= 0.3 is 0 Å². The molecule has 3 rings (SSSR count). The molecule has 1 aliphatic heterocycles. The van der Waals surface area contributed by atoms with E-state index in [9.17, 15) is 19.8 Å². The molecule has 7 heteroatoms. The lowest BCUT2D eigenvalue weighted by molar-refractivity contribution is -0.140. The van der Waals surface area contributed by atoms with Crippen LogP contribution in [0.2, 0.25) is 0 Å². The summed E-state index contributed by atoms with van der Waals surface area (Å²) >= 11 is 0. The van der Waals surface area contributed by atoms with Crippen LogP contribution < -0.4 is 4.74 Å². The lowest BCUT2D eigenvalue weighted by atomic mass is 9.95. The predicted octanol–water partition coefficient (Wildman–Crippen LogP) is 2.47. The van der Waals surface area contributed by atoms with E-state index in [-0.39, 0.29) is 36.0 Å². The van der Waals surface area contributed by atoms with Gasteiger partial charge in [0.15, 0.2) is 11.5 Å². The van der Waals surface area contributed by atoms with Crippen LogP contribution in [0.25, 0.3) is 5.76 Å². The number of carbonyl (C=O) groups is 2. The average Bonchev–Trinajstić information content (AvgIpc) is 2.97. The van der Waals surface area contributed by atoms with Gasteiger partial charge in [0.2, 0.25) is 0 Å². The molecule has 0 saturated carbocycles. The molecule has 1 atom stereocenters. The fourth-order valence-electron chi connectivity index (χ4n) is 3.28. The molecule has 1 fully saturated rings. The predicted molar refractivity (Wildman–Crippen MR) is 102 cm³/mol. The van der Waals surface area contributed by atoms with E-state index >= 15 is 0 Å². The molecule has 146 valence electrons. The second-order valence-corrected chi connectivity index (χ2v) is 6.28. The van der Waals surface area contributed by atoms with Gasteiger partial charge in [0.1, 0.15) is 5.76 Å². The standard InChI is InChI=1S/C21H21NO6/c1-27-11-10-22-18(14-8-9-16(28-2)15(23)12-14)17(20(25)21(22)26)19(24)13-6-4-3-5-7-13/h3-9,12,18,23-24H,10-11H2,1-2H3/b19-17-. The van der Waals surface area contributed by atoms with E-state index in [2.05, 4.69) is 0 Å². The number of ether oxygens (including phenoxy) is 2. The molecule has 1 unspecified atom stereocenters. The summed E-state index contributed by atoms with van der Waals surface area (Å²) < 4.78 is 10.1. The monoisotopic (exact) mass is 383 g/mol. The van der Waals surface area contributed by atoms with Crippen molar-refractivity contribution in [2.75, 3.05) is 27.4 Å². The van der Waals surface area contributed by atoms with Crippen LogP contribution in [0.1, 0.15) is 17.2 Å². The molecule has 2 aromatic rings. The average molecular weight is 383 g/mol. The van der Waals surface area contributed by atoms with Crippen molar-refractivity contribution in [2.24, 2.45) is 0 Å². The zero-order chi connectivity index (χ0) is 20.3. The van der Waals surface area contributed by atoms with Crippen LogP contribution in [0.3, 0.4) is 0 Å². The number of phenolic OH excluding ortho intramolecular Hbond substituents is 1. The summed E-state index contributed by atoms with van der Waals surface area (Å²) in [5.41, 5.74) is 0.873. The van der Waals surface area contributed by atoms with Crippen molar-refractivity contribution in [2.45, 2.75) is 6.04 Å². The van der Waals surface area contributed by atoms with Crippen molar-refractivity contribution in [3.8, 4) is 11.5 Å². The Labute approximate surface area is 162 Å². The largest absolute Gasteiger partial charge is 0.507 e. The molecule has 7 nitrogen and oxygen atoms in total. The summed E-state index contributed by atoms with van der Waals surface area (Å²) in [7, 11) is 2.92. The van der Waals surface area contributed by atoms with Crippen LogP contribution in [0, 0.1) is 0 Å². The molecule has 0 bridgehead atoms. The van der Waals surface area contributed by atoms with E-state index in [0.717, 1.165) is 0 Å². The molecule has 0 radical (unpaired) electrons. The molecule has 2 aromatic carbocycles. The van der Waals surface area contributed by atoms with Gasteiger partial charge in [-0.15, -0.1) is 0 Å². The summed E-state index contributed by atoms with van der Waals surface area (Å²) in [4.78, 5) is 26.7. The lowest BCUT2D eigenvalue weighted by Crippen LogP contribution is -2.32. The number of aliphatic hydroxyl groups excluding tert-OH is 1. The van der Waals surface area contributed by atoms with E-state index in [1.54, 1.807) is 42.5 Å². The molecule has 1 aliphatic rings. The quantitative estimate of drug-likeness (QED) is 0.452. The highest BCUT2D eigenvalue weighted by atomic mass is 16.5. The summed E-state index contributed by atoms with van der Waals surface area (Å²) in [5, 5.41) is 21.0. The second kappa shape index (κ2) is 8.14. The molecular formula is C21H21NO6. The molecule has 1 amide bonds. The minimum atomic E-state index is -0.854. The third kappa shape index (κ3) is 3.44. The number of aromatic hydroxyl groups is 1. The molecule has 28 heavy (non-hydrogen) atoms. The number of rotatable bonds is 6. The van der Waals surface area contributed by atoms with Gasteiger partial charge < -0.3 is 24.6 Å². The third-order valence-corrected chi connectivity index (χ3v) is 4.64. The Balaban J connectivity index is 2.17. The van der Waals surface area contributed by atoms with Gasteiger partial charge in [-0.2, -0.15) is 0 Å². The number of ketones is 1. The van der Waals surface area contributed by atoms with Crippen molar-refractivity contribution < 1.29 is 29.3 Å². The number of likely N-dealkylation sites (tertiary alicyclic amines) is 1. The highest BCUT2D eigenvalue weighted by molar-refractivity contribution is 6.46. The molecule has 1 saturated heterocycles. The highest BCUT2D eigenvalue weighted by Crippen LogP contribution is 2.41. The maximum Gasteiger partial charge on any atom is 0.295 e. The van der Waals surface area contributed by atoms with Crippen LogP contribution in [-0.4, -0.2) is 54.2 Å². The van der Waals surface area contributed by atoms with Gasteiger partial charge in [-0.25, -0.2) is 0 Å². The Bertz CT molecular complexity index is 922. The first-order valence-corrected chi connectivity index (χ1v) is 8.69. The number of nitrogens with zero attached hydrogens (tertiary/aromatic N) is 1. The zero-order valence-corrected chi connectivity index (χ0v) is 15.6. The SMILES string of the molecule is COCCN1C(=O)C(=O)/C(=C(\O)c2ccccc2)C1c1ccc(OC)c(O)c1. The zero-order valence-electron chi connectivity index (χ0n) is 15.6. The van der Waals surface area contributed by atoms with Crippen molar-refractivity contribution in [1.29, 1.82) is 0 Å². The van der Waals surface area contributed by atoms with Gasteiger partial charge in [-0.05, 0) is 17.7 Å². The van der Waals surface area contributed by atoms with Crippen molar-refractivity contribution >= 4 is 17.4 Å². The summed E-state index contributed by atoms with van der Waals surface area (Å²) in [6.07, 6.45) is 0. The molecule has 0 aliphatic carbocycles. The number of aliphatic hydroxyl groups is 1. The molecule has 1 heterocycles. The molecule has 0 aromatic heterocycles. The Kier molecular flexibility index (Phi) is 5.65. The number of phenols is 1. The Morgan fingerprint density at radius 3 is 2.43 bits per heavy atom. The number of hydrogen-bond acceptors (Lipinski definition) is 6. The first kappa shape index (κ1) is 19.4. The fraction of sp³-hybridized carbons (Fsp3) is 0.238. The van der Waals surface area contributed by atoms with Gasteiger partial charge in [0, 0.05) is 19.2 Å². The molecule has 0 spiro atoms. The molecular weight excluding hydrogens is 362 g/mol. The fourth-order valence-corrected chi connectivity index (χ4v) is 3.28. The first-order chi connectivity index (χ1) is 13.5. The summed E-state index contributed by atoms with van der Waals surface area (Å²) in [6, 6.07) is 12.3. The first-order valence-electron chi connectivity index (χ1n) is 8.69. The van der Waals surface area contributed by atoms with Crippen LogP contribution in [0.15, 0.2) is 54.1 Å². The number of benzene rings is 2. The Morgan fingerprint density at radius 2 is 1.82 bits per heavy atom. The van der Waals surface area contributed by atoms with Crippen LogP contribution >= 0.6 is 0 Å². The van der Waals surface area contributed by atoms with Crippen molar-refractivity contribution in [1.82, 2.24) is 4.90 Å². The summed E-state index contributed by atoms with van der Waals surface area (Å²) in [5.74, 6) is -1.63. The van der Waals surface area contributed by atoms with Gasteiger partial charge in [0.05, 0.1) is 25.3 Å². The Hall–Kier alpha value is -3.32. The lowest BCUT2D eigenvalue weighted by Gasteiger charge is -2.25. The van der Waals surface area contributed by atoms with E-state index in [4.69, 9.17) is 9.47 Å². The van der Waals surface area contributed by atoms with E-state index in [0.29, 0.717) is 11.1 Å². The normalized spacial score (nSPS) is 18.5. The number of amides is 1. The summed E-state index contributed by atoms with van der Waals surface area (Å²) in [6.45, 7) is 0.376. The van der Waals surface area contributed by atoms with Gasteiger partial charge in [0.25, 0.3) is 11.7 Å². The van der Waals surface area contributed by atoms with E-state index in [1.165, 1.54) is 25.2 Å².